The molecule has 2 heterocycles. The Labute approximate surface area is 196 Å². The van der Waals surface area contributed by atoms with Gasteiger partial charge in [0.1, 0.15) is 11.5 Å². The van der Waals surface area contributed by atoms with Gasteiger partial charge in [0.15, 0.2) is 0 Å². The molecule has 0 N–H and O–H groups in total. The van der Waals surface area contributed by atoms with Crippen molar-refractivity contribution in [3.05, 3.63) is 54.1 Å². The minimum atomic E-state index is -0.692. The first-order chi connectivity index (χ1) is 16.0. The largest absolute Gasteiger partial charge is 0.497 e. The van der Waals surface area contributed by atoms with Crippen LogP contribution in [0, 0.1) is 0 Å². The number of benzene rings is 2. The molecule has 6 heteroatoms. The Balaban J connectivity index is 1.41. The Kier molecular flexibility index (Phi) is 7.21. The number of carbonyl (C=O) groups excluding carboxylic acids is 2. The van der Waals surface area contributed by atoms with Gasteiger partial charge >= 0.3 is 0 Å². The third-order valence-electron chi connectivity index (χ3n) is 6.81. The maximum Gasteiger partial charge on any atom is 0.272 e. The highest BCUT2D eigenvalue weighted by molar-refractivity contribution is 6.00. The van der Waals surface area contributed by atoms with E-state index in [1.807, 2.05) is 53.4 Å². The number of anilines is 1. The molecule has 2 aliphatic heterocycles. The van der Waals surface area contributed by atoms with Crippen molar-refractivity contribution in [3.63, 3.8) is 0 Å². The lowest BCUT2D eigenvalue weighted by Crippen LogP contribution is -2.47. The molecular weight excluding hydrogens is 416 g/mol. The standard InChI is InChI=1S/C27H34N2O4/c1-19-9-8-10-20(2)29(19)25(30)13-6-7-18-28-23-11-4-5-12-24(23)33-26(27(28)31)21-14-16-22(32-3)17-15-21/h4-5,11-12,14-17,19-20,26H,6-10,13,18H2,1-3H3. The summed E-state index contributed by atoms with van der Waals surface area (Å²) in [6, 6.07) is 15.7. The first kappa shape index (κ1) is 23.1. The highest BCUT2D eigenvalue weighted by Crippen LogP contribution is 2.39. The Morgan fingerprint density at radius 2 is 1.73 bits per heavy atom. The molecule has 176 valence electrons. The van der Waals surface area contributed by atoms with Crippen LogP contribution in [0.1, 0.15) is 64.0 Å². The van der Waals surface area contributed by atoms with E-state index in [4.69, 9.17) is 9.47 Å². The zero-order chi connectivity index (χ0) is 23.4. The normalized spacial score (nSPS) is 22.5. The molecule has 0 aromatic heterocycles. The molecule has 0 spiro atoms. The summed E-state index contributed by atoms with van der Waals surface area (Å²) in [6.07, 6.45) is 4.72. The number of fused-ring (bicyclic) bond motifs is 1. The lowest BCUT2D eigenvalue weighted by Gasteiger charge is -2.39. The number of rotatable bonds is 7. The highest BCUT2D eigenvalue weighted by Gasteiger charge is 2.35. The van der Waals surface area contributed by atoms with Gasteiger partial charge in [-0.05, 0) is 70.2 Å². The lowest BCUT2D eigenvalue weighted by molar-refractivity contribution is -0.137. The van der Waals surface area contributed by atoms with Crippen LogP contribution in [-0.2, 0) is 9.59 Å². The third kappa shape index (κ3) is 5.00. The minimum absolute atomic E-state index is 0.0801. The van der Waals surface area contributed by atoms with Crippen molar-refractivity contribution in [1.29, 1.82) is 0 Å². The van der Waals surface area contributed by atoms with Gasteiger partial charge in [-0.1, -0.05) is 24.3 Å². The Bertz CT molecular complexity index is 964. The molecule has 6 nitrogen and oxygen atoms in total. The second-order valence-electron chi connectivity index (χ2n) is 9.12. The molecule has 0 aliphatic carbocycles. The van der Waals surface area contributed by atoms with Crippen LogP contribution in [0.15, 0.2) is 48.5 Å². The molecule has 2 aromatic rings. The summed E-state index contributed by atoms with van der Waals surface area (Å²) >= 11 is 0. The smallest absolute Gasteiger partial charge is 0.272 e. The molecule has 0 bridgehead atoms. The number of amides is 2. The van der Waals surface area contributed by atoms with Crippen LogP contribution in [-0.4, -0.2) is 42.5 Å². The maximum atomic E-state index is 13.4. The van der Waals surface area contributed by atoms with Gasteiger partial charge in [-0.25, -0.2) is 0 Å². The van der Waals surface area contributed by atoms with E-state index in [0.29, 0.717) is 30.8 Å². The molecule has 1 saturated heterocycles. The fourth-order valence-corrected chi connectivity index (χ4v) is 5.03. The number of carbonyl (C=O) groups is 2. The molecule has 4 rings (SSSR count). The Morgan fingerprint density at radius 1 is 1.03 bits per heavy atom. The maximum absolute atomic E-state index is 13.4. The van der Waals surface area contributed by atoms with Gasteiger partial charge in [0.05, 0.1) is 12.8 Å². The van der Waals surface area contributed by atoms with Gasteiger partial charge in [0, 0.05) is 30.6 Å². The summed E-state index contributed by atoms with van der Waals surface area (Å²) in [5.41, 5.74) is 1.58. The number of nitrogens with zero attached hydrogens (tertiary/aromatic N) is 2. The minimum Gasteiger partial charge on any atom is -0.497 e. The van der Waals surface area contributed by atoms with Crippen molar-refractivity contribution in [1.82, 2.24) is 4.90 Å². The van der Waals surface area contributed by atoms with Crippen molar-refractivity contribution in [2.24, 2.45) is 0 Å². The Hall–Kier alpha value is -3.02. The summed E-state index contributed by atoms with van der Waals surface area (Å²) in [4.78, 5) is 30.1. The van der Waals surface area contributed by atoms with Crippen LogP contribution in [0.3, 0.4) is 0 Å². The van der Waals surface area contributed by atoms with E-state index in [2.05, 4.69) is 18.7 Å². The van der Waals surface area contributed by atoms with Crippen molar-refractivity contribution in [3.8, 4) is 11.5 Å². The quantitative estimate of drug-likeness (QED) is 0.549. The van der Waals surface area contributed by atoms with E-state index in [9.17, 15) is 9.59 Å². The molecule has 0 radical (unpaired) electrons. The average Bonchev–Trinajstić information content (AvgIpc) is 2.82. The summed E-state index contributed by atoms with van der Waals surface area (Å²) in [6.45, 7) is 4.86. The average molecular weight is 451 g/mol. The third-order valence-corrected chi connectivity index (χ3v) is 6.81. The van der Waals surface area contributed by atoms with E-state index < -0.39 is 6.10 Å². The second-order valence-corrected chi connectivity index (χ2v) is 9.12. The van der Waals surface area contributed by atoms with Gasteiger partial charge in [-0.3, -0.25) is 9.59 Å². The van der Waals surface area contributed by atoms with Gasteiger partial charge < -0.3 is 19.3 Å². The number of unbranched alkanes of at least 4 members (excludes halogenated alkanes) is 1. The summed E-state index contributed by atoms with van der Waals surface area (Å²) in [7, 11) is 1.62. The van der Waals surface area contributed by atoms with Crippen LogP contribution in [0.4, 0.5) is 5.69 Å². The highest BCUT2D eigenvalue weighted by atomic mass is 16.5. The molecule has 2 aliphatic rings. The molecule has 33 heavy (non-hydrogen) atoms. The number of hydrogen-bond acceptors (Lipinski definition) is 4. The molecule has 0 saturated carbocycles. The van der Waals surface area contributed by atoms with Gasteiger partial charge in [-0.15, -0.1) is 0 Å². The van der Waals surface area contributed by atoms with E-state index in [0.717, 1.165) is 42.7 Å². The van der Waals surface area contributed by atoms with Crippen molar-refractivity contribution >= 4 is 17.5 Å². The predicted molar refractivity (Wildman–Crippen MR) is 129 cm³/mol. The molecule has 3 unspecified atom stereocenters. The van der Waals surface area contributed by atoms with Crippen LogP contribution < -0.4 is 14.4 Å². The van der Waals surface area contributed by atoms with E-state index in [-0.39, 0.29) is 11.8 Å². The lowest BCUT2D eigenvalue weighted by atomic mass is 9.97. The van der Waals surface area contributed by atoms with Crippen molar-refractivity contribution < 1.29 is 19.1 Å². The van der Waals surface area contributed by atoms with Crippen LogP contribution >= 0.6 is 0 Å². The van der Waals surface area contributed by atoms with Crippen LogP contribution in [0.5, 0.6) is 11.5 Å². The number of piperidine rings is 1. The summed E-state index contributed by atoms with van der Waals surface area (Å²) in [5.74, 6) is 1.59. The molecule has 3 atom stereocenters. The zero-order valence-electron chi connectivity index (χ0n) is 19.8. The number of methoxy groups -OCH3 is 1. The van der Waals surface area contributed by atoms with Gasteiger partial charge in [0.2, 0.25) is 12.0 Å². The number of hydrogen-bond donors (Lipinski definition) is 0. The van der Waals surface area contributed by atoms with E-state index in [1.165, 1.54) is 6.42 Å². The van der Waals surface area contributed by atoms with Gasteiger partial charge in [-0.2, -0.15) is 0 Å². The second kappa shape index (κ2) is 10.3. The fourth-order valence-electron chi connectivity index (χ4n) is 5.03. The first-order valence-corrected chi connectivity index (χ1v) is 12.0. The van der Waals surface area contributed by atoms with E-state index in [1.54, 1.807) is 7.11 Å². The van der Waals surface area contributed by atoms with Crippen LogP contribution in [0.25, 0.3) is 0 Å². The molecule has 1 fully saturated rings. The number of ether oxygens (including phenoxy) is 2. The molecular formula is C27H34N2O4. The summed E-state index contributed by atoms with van der Waals surface area (Å²) in [5, 5.41) is 0. The zero-order valence-corrected chi connectivity index (χ0v) is 19.8. The summed E-state index contributed by atoms with van der Waals surface area (Å²) < 4.78 is 11.3. The van der Waals surface area contributed by atoms with Crippen LogP contribution in [0.2, 0.25) is 0 Å². The monoisotopic (exact) mass is 450 g/mol. The topological polar surface area (TPSA) is 59.1 Å². The van der Waals surface area contributed by atoms with Crippen molar-refractivity contribution in [2.45, 2.75) is 70.6 Å². The predicted octanol–water partition coefficient (Wildman–Crippen LogP) is 5.12. The number of para-hydroxylation sites is 2. The molecule has 2 aromatic carbocycles. The first-order valence-electron chi connectivity index (χ1n) is 12.0. The SMILES string of the molecule is COc1ccc(C2Oc3ccccc3N(CCCCC(=O)N3C(C)CCCC3C)C2=O)cc1. The Morgan fingerprint density at radius 3 is 2.42 bits per heavy atom. The van der Waals surface area contributed by atoms with E-state index >= 15 is 0 Å². The van der Waals surface area contributed by atoms with Gasteiger partial charge in [0.25, 0.3) is 5.91 Å². The fraction of sp³-hybridized carbons (Fsp3) is 0.481. The molecule has 2 amide bonds. The number of likely N-dealkylation sites (tertiary alicyclic amines) is 1. The van der Waals surface area contributed by atoms with Crippen molar-refractivity contribution in [2.75, 3.05) is 18.6 Å².